The van der Waals surface area contributed by atoms with Gasteiger partial charge in [-0.3, -0.25) is 4.79 Å². The third-order valence-electron chi connectivity index (χ3n) is 5.10. The first kappa shape index (κ1) is 24.6. The number of benzene rings is 2. The van der Waals surface area contributed by atoms with Crippen LogP contribution in [0.25, 0.3) is 0 Å². The zero-order chi connectivity index (χ0) is 22.9. The molecule has 0 radical (unpaired) electrons. The summed E-state index contributed by atoms with van der Waals surface area (Å²) in [6.07, 6.45) is 0.666. The maximum Gasteiger partial charge on any atom is 0.251 e. The standard InChI is InChI=1S/C25H33NO5/c1-18(22(27)17-23(28)25(2,3)30)14-16-31-21-11-9-19(10-12-21)13-15-26-24(29)20-7-5-4-6-8-20/h4-12,14,22-23,27-28,30H,13,15-17H2,1-3H3,(H,26,29)/b18-14+/t22-,23+/m1/s1. The van der Waals surface area contributed by atoms with Crippen LogP contribution in [0.5, 0.6) is 5.75 Å². The first-order chi connectivity index (χ1) is 14.7. The molecule has 0 aliphatic rings. The third kappa shape index (κ3) is 8.53. The van der Waals surface area contributed by atoms with Crippen molar-refractivity contribution in [2.45, 2.75) is 51.4 Å². The van der Waals surface area contributed by atoms with Gasteiger partial charge in [0.2, 0.25) is 0 Å². The van der Waals surface area contributed by atoms with Crippen LogP contribution in [0.15, 0.2) is 66.2 Å². The Morgan fingerprint density at radius 3 is 2.35 bits per heavy atom. The topological polar surface area (TPSA) is 99.0 Å². The molecule has 0 bridgehead atoms. The van der Waals surface area contributed by atoms with Gasteiger partial charge in [0.05, 0.1) is 17.8 Å². The van der Waals surface area contributed by atoms with Crippen molar-refractivity contribution >= 4 is 5.91 Å². The molecule has 0 spiro atoms. The molecule has 31 heavy (non-hydrogen) atoms. The molecule has 2 atom stereocenters. The first-order valence-electron chi connectivity index (χ1n) is 10.5. The minimum Gasteiger partial charge on any atom is -0.490 e. The highest BCUT2D eigenvalue weighted by atomic mass is 16.5. The van der Waals surface area contributed by atoms with Crippen LogP contribution in [0, 0.1) is 0 Å². The molecule has 0 saturated carbocycles. The van der Waals surface area contributed by atoms with Gasteiger partial charge in [-0.15, -0.1) is 0 Å². The van der Waals surface area contributed by atoms with Crippen LogP contribution in [0.1, 0.15) is 43.1 Å². The summed E-state index contributed by atoms with van der Waals surface area (Å²) < 4.78 is 5.69. The SMILES string of the molecule is C/C(=C\COc1ccc(CCNC(=O)c2ccccc2)cc1)[C@H](O)C[C@H](O)C(C)(C)O. The van der Waals surface area contributed by atoms with Gasteiger partial charge in [-0.05, 0) is 68.7 Å². The van der Waals surface area contributed by atoms with E-state index < -0.39 is 17.8 Å². The van der Waals surface area contributed by atoms with Crippen LogP contribution in [0.4, 0.5) is 0 Å². The number of nitrogens with one attached hydrogen (secondary N) is 1. The Labute approximate surface area is 184 Å². The van der Waals surface area contributed by atoms with Gasteiger partial charge in [-0.1, -0.05) is 30.3 Å². The van der Waals surface area contributed by atoms with Crippen LogP contribution >= 0.6 is 0 Å². The monoisotopic (exact) mass is 427 g/mol. The second kappa shape index (κ2) is 11.6. The highest BCUT2D eigenvalue weighted by molar-refractivity contribution is 5.94. The fourth-order valence-corrected chi connectivity index (χ4v) is 2.86. The van der Waals surface area contributed by atoms with E-state index >= 15 is 0 Å². The number of ether oxygens (including phenoxy) is 1. The molecule has 0 aliphatic carbocycles. The van der Waals surface area contributed by atoms with E-state index in [1.54, 1.807) is 25.1 Å². The molecule has 0 fully saturated rings. The lowest BCUT2D eigenvalue weighted by molar-refractivity contribution is -0.0640. The summed E-state index contributed by atoms with van der Waals surface area (Å²) in [5.74, 6) is 0.618. The van der Waals surface area contributed by atoms with Crippen molar-refractivity contribution in [3.05, 3.63) is 77.4 Å². The molecular formula is C25H33NO5. The van der Waals surface area contributed by atoms with E-state index in [0.29, 0.717) is 29.9 Å². The smallest absolute Gasteiger partial charge is 0.251 e. The second-order valence-electron chi connectivity index (χ2n) is 8.20. The van der Waals surface area contributed by atoms with Gasteiger partial charge < -0.3 is 25.4 Å². The number of rotatable bonds is 11. The second-order valence-corrected chi connectivity index (χ2v) is 8.20. The highest BCUT2D eigenvalue weighted by Crippen LogP contribution is 2.18. The minimum absolute atomic E-state index is 0.0569. The van der Waals surface area contributed by atoms with Crippen molar-refractivity contribution in [1.29, 1.82) is 0 Å². The molecule has 2 aromatic rings. The van der Waals surface area contributed by atoms with Crippen LogP contribution in [0.3, 0.4) is 0 Å². The van der Waals surface area contributed by atoms with E-state index in [0.717, 1.165) is 5.56 Å². The number of carbonyl (C=O) groups is 1. The predicted molar refractivity (Wildman–Crippen MR) is 121 cm³/mol. The number of aliphatic hydroxyl groups is 3. The molecule has 0 saturated heterocycles. The molecule has 6 nitrogen and oxygen atoms in total. The van der Waals surface area contributed by atoms with E-state index in [4.69, 9.17) is 4.74 Å². The number of aliphatic hydroxyl groups excluding tert-OH is 2. The third-order valence-corrected chi connectivity index (χ3v) is 5.10. The van der Waals surface area contributed by atoms with Crippen molar-refractivity contribution < 1.29 is 24.9 Å². The number of hydrogen-bond donors (Lipinski definition) is 4. The molecule has 6 heteroatoms. The molecule has 4 N–H and O–H groups in total. The number of carbonyl (C=O) groups excluding carboxylic acids is 1. The van der Waals surface area contributed by atoms with Gasteiger partial charge in [-0.25, -0.2) is 0 Å². The molecule has 2 rings (SSSR count). The molecule has 168 valence electrons. The van der Waals surface area contributed by atoms with Gasteiger partial charge in [0.1, 0.15) is 12.4 Å². The Balaban J connectivity index is 1.74. The summed E-state index contributed by atoms with van der Waals surface area (Å²) >= 11 is 0. The van der Waals surface area contributed by atoms with Crippen LogP contribution in [-0.4, -0.2) is 52.2 Å². The summed E-state index contributed by atoms with van der Waals surface area (Å²) in [7, 11) is 0. The average Bonchev–Trinajstić information content (AvgIpc) is 2.74. The van der Waals surface area contributed by atoms with Gasteiger partial charge in [-0.2, -0.15) is 0 Å². The van der Waals surface area contributed by atoms with Gasteiger partial charge in [0.15, 0.2) is 0 Å². The Morgan fingerprint density at radius 2 is 1.74 bits per heavy atom. The van der Waals surface area contributed by atoms with Gasteiger partial charge >= 0.3 is 0 Å². The molecule has 2 aromatic carbocycles. The van der Waals surface area contributed by atoms with E-state index in [1.807, 2.05) is 42.5 Å². The lowest BCUT2D eigenvalue weighted by atomic mass is 9.94. The zero-order valence-electron chi connectivity index (χ0n) is 18.4. The number of hydrogen-bond acceptors (Lipinski definition) is 5. The summed E-state index contributed by atoms with van der Waals surface area (Å²) in [4.78, 5) is 12.0. The van der Waals surface area contributed by atoms with Crippen molar-refractivity contribution in [3.8, 4) is 5.75 Å². The van der Waals surface area contributed by atoms with Gasteiger partial charge in [0, 0.05) is 18.5 Å². The van der Waals surface area contributed by atoms with E-state index in [-0.39, 0.29) is 18.9 Å². The fourth-order valence-electron chi connectivity index (χ4n) is 2.86. The fraction of sp³-hybridized carbons (Fsp3) is 0.400. The summed E-state index contributed by atoms with van der Waals surface area (Å²) in [5.41, 5.74) is 1.15. The Kier molecular flexibility index (Phi) is 9.24. The van der Waals surface area contributed by atoms with E-state index in [2.05, 4.69) is 5.32 Å². The van der Waals surface area contributed by atoms with Crippen molar-refractivity contribution in [1.82, 2.24) is 5.32 Å². The Morgan fingerprint density at radius 1 is 1.10 bits per heavy atom. The maximum atomic E-state index is 12.0. The average molecular weight is 428 g/mol. The molecular weight excluding hydrogens is 394 g/mol. The lowest BCUT2D eigenvalue weighted by Crippen LogP contribution is -2.38. The maximum absolute atomic E-state index is 12.0. The summed E-state index contributed by atoms with van der Waals surface area (Å²) in [5, 5.41) is 32.7. The summed E-state index contributed by atoms with van der Waals surface area (Å²) in [6, 6.07) is 16.8. The molecule has 0 heterocycles. The Bertz CT molecular complexity index is 840. The molecule has 0 aliphatic heterocycles. The zero-order valence-corrected chi connectivity index (χ0v) is 18.4. The quantitative estimate of drug-likeness (QED) is 0.413. The van der Waals surface area contributed by atoms with Crippen molar-refractivity contribution in [3.63, 3.8) is 0 Å². The highest BCUT2D eigenvalue weighted by Gasteiger charge is 2.27. The normalized spacial score (nSPS) is 14.1. The molecule has 0 aromatic heterocycles. The van der Waals surface area contributed by atoms with Gasteiger partial charge in [0.25, 0.3) is 5.91 Å². The first-order valence-corrected chi connectivity index (χ1v) is 10.5. The van der Waals surface area contributed by atoms with E-state index in [1.165, 1.54) is 13.8 Å². The van der Waals surface area contributed by atoms with E-state index in [9.17, 15) is 20.1 Å². The van der Waals surface area contributed by atoms with Crippen molar-refractivity contribution in [2.24, 2.45) is 0 Å². The van der Waals surface area contributed by atoms with Crippen LogP contribution < -0.4 is 10.1 Å². The van der Waals surface area contributed by atoms with Crippen LogP contribution in [-0.2, 0) is 6.42 Å². The largest absolute Gasteiger partial charge is 0.490 e. The predicted octanol–water partition coefficient (Wildman–Crippen LogP) is 2.87. The Hall–Kier alpha value is -2.67. The lowest BCUT2D eigenvalue weighted by Gasteiger charge is -2.26. The minimum atomic E-state index is -1.26. The molecule has 0 unspecified atom stereocenters. The number of amides is 1. The van der Waals surface area contributed by atoms with Crippen molar-refractivity contribution in [2.75, 3.05) is 13.2 Å². The van der Waals surface area contributed by atoms with Crippen LogP contribution in [0.2, 0.25) is 0 Å². The molecule has 1 amide bonds. The summed E-state index contributed by atoms with van der Waals surface area (Å²) in [6.45, 7) is 5.61.